The fourth-order valence-corrected chi connectivity index (χ4v) is 9.80. The van der Waals surface area contributed by atoms with Gasteiger partial charge in [0.25, 0.3) is 0 Å². The van der Waals surface area contributed by atoms with Crippen LogP contribution in [0.15, 0.2) is 11.6 Å². The van der Waals surface area contributed by atoms with Crippen LogP contribution in [0, 0.1) is 28.6 Å². The number of hydrogen-bond acceptors (Lipinski definition) is 6. The molecule has 0 aromatic heterocycles. The Hall–Kier alpha value is -1.30. The monoisotopic (exact) mass is 460 g/mol. The Balaban J connectivity index is 1.51. The minimum absolute atomic E-state index is 0.00243. The first-order chi connectivity index (χ1) is 15.1. The van der Waals surface area contributed by atoms with Gasteiger partial charge in [-0.1, -0.05) is 31.2 Å². The van der Waals surface area contributed by atoms with Gasteiger partial charge in [-0.05, 0) is 80.6 Å². The Bertz CT molecular complexity index is 881. The maximum absolute atomic E-state index is 12.3. The fraction of sp³-hybridized carbons (Fsp3) is 0.808. The van der Waals surface area contributed by atoms with E-state index in [2.05, 4.69) is 19.9 Å². The molecule has 1 spiro atoms. The topological polar surface area (TPSA) is 69.7 Å². The van der Waals surface area contributed by atoms with Gasteiger partial charge in [0, 0.05) is 30.9 Å². The molecule has 1 heterocycles. The molecule has 0 bridgehead atoms. The lowest BCUT2D eigenvalue weighted by molar-refractivity contribution is -0.167. The van der Waals surface area contributed by atoms with Crippen LogP contribution in [-0.2, 0) is 23.9 Å². The fourth-order valence-electron chi connectivity index (χ4n) is 8.57. The van der Waals surface area contributed by atoms with E-state index in [1.165, 1.54) is 24.3 Å². The number of carbonyl (C=O) groups is 3. The van der Waals surface area contributed by atoms with E-state index in [0.29, 0.717) is 24.2 Å². The molecule has 0 N–H and O–H groups in total. The molecule has 5 nitrogen and oxygen atoms in total. The van der Waals surface area contributed by atoms with E-state index < -0.39 is 0 Å². The van der Waals surface area contributed by atoms with Crippen LogP contribution in [0.1, 0.15) is 85.5 Å². The molecule has 0 aromatic rings. The van der Waals surface area contributed by atoms with Crippen molar-refractivity contribution in [1.82, 2.24) is 0 Å². The molecule has 32 heavy (non-hydrogen) atoms. The van der Waals surface area contributed by atoms with Crippen molar-refractivity contribution in [1.29, 1.82) is 0 Å². The molecule has 4 aliphatic carbocycles. The van der Waals surface area contributed by atoms with E-state index >= 15 is 0 Å². The molecule has 0 amide bonds. The minimum Gasteiger partial charge on any atom is -0.458 e. The standard InChI is InChI=1S/C26H36O5S/c1-15(27)30-18-5-9-24(3)17(13-18)14-21(32-16(2)28)23-19(24)6-10-25(4)20(23)7-11-26(25)12-8-22(29)31-26/h13,18-21,23H,5-12,14H2,1-4H3/t18-,19+,20+,21+,23-,24-,25-,26+/m0/s1. The first-order valence-corrected chi connectivity index (χ1v) is 13.2. The molecule has 8 atom stereocenters. The summed E-state index contributed by atoms with van der Waals surface area (Å²) >= 11 is 1.51. The average Bonchev–Trinajstić information content (AvgIpc) is 3.22. The smallest absolute Gasteiger partial charge is 0.306 e. The molecular formula is C26H36O5S. The van der Waals surface area contributed by atoms with Crippen LogP contribution in [0.5, 0.6) is 0 Å². The SMILES string of the molecule is CC(=O)O[C@@H]1C=C2C[C@@H](SC(C)=O)[C@H]3[C@@H](CC[C@@]4(C)[C@@H]3CC[C@@]43CCC(=O)O3)[C@@]2(C)CC1. The zero-order valence-electron chi connectivity index (χ0n) is 19.8. The molecule has 1 aliphatic heterocycles. The predicted octanol–water partition coefficient (Wildman–Crippen LogP) is 5.21. The van der Waals surface area contributed by atoms with E-state index in [4.69, 9.17) is 9.47 Å². The van der Waals surface area contributed by atoms with Crippen LogP contribution < -0.4 is 0 Å². The molecular weight excluding hydrogens is 424 g/mol. The maximum atomic E-state index is 12.3. The van der Waals surface area contributed by atoms with Crippen molar-refractivity contribution in [2.75, 3.05) is 0 Å². The third kappa shape index (κ3) is 3.22. The zero-order valence-corrected chi connectivity index (χ0v) is 20.6. The number of hydrogen-bond donors (Lipinski definition) is 0. The second-order valence-electron chi connectivity index (χ2n) is 11.4. The molecule has 176 valence electrons. The van der Waals surface area contributed by atoms with Crippen LogP contribution in [-0.4, -0.2) is 34.0 Å². The molecule has 4 fully saturated rings. The van der Waals surface area contributed by atoms with E-state index in [-0.39, 0.29) is 44.8 Å². The number of carbonyl (C=O) groups excluding carboxylic acids is 3. The number of thioether (sulfide) groups is 1. The Kier molecular flexibility index (Phi) is 5.35. The summed E-state index contributed by atoms with van der Waals surface area (Å²) in [5.41, 5.74) is 1.19. The van der Waals surface area contributed by atoms with Crippen LogP contribution >= 0.6 is 11.8 Å². The minimum atomic E-state index is -0.296. The summed E-state index contributed by atoms with van der Waals surface area (Å²) in [4.78, 5) is 36.0. The van der Waals surface area contributed by atoms with E-state index in [0.717, 1.165) is 51.4 Å². The van der Waals surface area contributed by atoms with Crippen LogP contribution in [0.4, 0.5) is 0 Å². The van der Waals surface area contributed by atoms with Gasteiger partial charge in [0.1, 0.15) is 11.7 Å². The van der Waals surface area contributed by atoms with Crippen molar-refractivity contribution in [3.63, 3.8) is 0 Å². The van der Waals surface area contributed by atoms with Gasteiger partial charge in [-0.25, -0.2) is 0 Å². The Morgan fingerprint density at radius 1 is 1.06 bits per heavy atom. The van der Waals surface area contributed by atoms with E-state index in [1.807, 2.05) is 0 Å². The molecule has 5 aliphatic rings. The van der Waals surface area contributed by atoms with Crippen molar-refractivity contribution in [3.05, 3.63) is 11.6 Å². The summed E-state index contributed by atoms with van der Waals surface area (Å²) in [6, 6.07) is 0. The molecule has 5 rings (SSSR count). The molecule has 0 aromatic carbocycles. The predicted molar refractivity (Wildman–Crippen MR) is 123 cm³/mol. The average molecular weight is 461 g/mol. The number of allylic oxidation sites excluding steroid dienone is 1. The molecule has 0 radical (unpaired) electrons. The van der Waals surface area contributed by atoms with Crippen molar-refractivity contribution in [2.45, 2.75) is 102 Å². The van der Waals surface area contributed by atoms with Crippen LogP contribution in [0.3, 0.4) is 0 Å². The van der Waals surface area contributed by atoms with Gasteiger partial charge < -0.3 is 9.47 Å². The normalized spacial score (nSPS) is 47.2. The summed E-state index contributed by atoms with van der Waals surface area (Å²) in [7, 11) is 0. The van der Waals surface area contributed by atoms with E-state index in [1.54, 1.807) is 6.92 Å². The van der Waals surface area contributed by atoms with Gasteiger partial charge in [0.05, 0.1) is 0 Å². The van der Waals surface area contributed by atoms with Crippen molar-refractivity contribution in [3.8, 4) is 0 Å². The Morgan fingerprint density at radius 2 is 1.81 bits per heavy atom. The highest BCUT2D eigenvalue weighted by Gasteiger charge is 2.68. The molecule has 0 unspecified atom stereocenters. The first-order valence-electron chi connectivity index (χ1n) is 12.4. The largest absolute Gasteiger partial charge is 0.458 e. The zero-order chi connectivity index (χ0) is 22.9. The second kappa shape index (κ2) is 7.61. The van der Waals surface area contributed by atoms with Crippen molar-refractivity contribution in [2.24, 2.45) is 28.6 Å². The summed E-state index contributed by atoms with van der Waals surface area (Å²) in [6.07, 6.45) is 10.5. The summed E-state index contributed by atoms with van der Waals surface area (Å²) in [5, 5.41) is 0.419. The number of esters is 2. The molecule has 1 saturated heterocycles. The lowest BCUT2D eigenvalue weighted by Gasteiger charge is -2.61. The highest BCUT2D eigenvalue weighted by Crippen LogP contribution is 2.70. The van der Waals surface area contributed by atoms with Gasteiger partial charge in [-0.15, -0.1) is 0 Å². The lowest BCUT2D eigenvalue weighted by atomic mass is 9.46. The number of rotatable bonds is 2. The van der Waals surface area contributed by atoms with Crippen molar-refractivity contribution >= 4 is 28.8 Å². The van der Waals surface area contributed by atoms with Gasteiger partial charge in [-0.3, -0.25) is 14.4 Å². The lowest BCUT2D eigenvalue weighted by Crippen LogP contribution is -2.58. The third-order valence-electron chi connectivity index (χ3n) is 10.0. The van der Waals surface area contributed by atoms with Crippen molar-refractivity contribution < 1.29 is 23.9 Å². The van der Waals surface area contributed by atoms with E-state index in [9.17, 15) is 14.4 Å². The quantitative estimate of drug-likeness (QED) is 0.416. The second-order valence-corrected chi connectivity index (χ2v) is 12.8. The summed E-state index contributed by atoms with van der Waals surface area (Å²) in [6.45, 7) is 7.95. The van der Waals surface area contributed by atoms with Gasteiger partial charge >= 0.3 is 11.9 Å². The molecule has 3 saturated carbocycles. The summed E-state index contributed by atoms with van der Waals surface area (Å²) < 4.78 is 11.6. The maximum Gasteiger partial charge on any atom is 0.306 e. The highest BCUT2D eigenvalue weighted by molar-refractivity contribution is 8.14. The van der Waals surface area contributed by atoms with Crippen LogP contribution in [0.25, 0.3) is 0 Å². The van der Waals surface area contributed by atoms with Gasteiger partial charge in [-0.2, -0.15) is 0 Å². The van der Waals surface area contributed by atoms with Gasteiger partial charge in [0.15, 0.2) is 5.12 Å². The first kappa shape index (κ1) is 22.5. The van der Waals surface area contributed by atoms with Crippen LogP contribution in [0.2, 0.25) is 0 Å². The number of fused-ring (bicyclic) bond motifs is 6. The molecule has 6 heteroatoms. The third-order valence-corrected chi connectivity index (χ3v) is 11.2. The summed E-state index contributed by atoms with van der Waals surface area (Å²) in [5.74, 6) is 1.19. The Morgan fingerprint density at radius 3 is 2.47 bits per heavy atom. The Labute approximate surface area is 195 Å². The highest BCUT2D eigenvalue weighted by atomic mass is 32.2. The number of ether oxygens (including phenoxy) is 2. The van der Waals surface area contributed by atoms with Gasteiger partial charge in [0.2, 0.25) is 0 Å².